The molecule has 0 aliphatic carbocycles. The molecule has 7 nitrogen and oxygen atoms in total. The summed E-state index contributed by atoms with van der Waals surface area (Å²) in [6.07, 6.45) is 2.61. The number of rotatable bonds is 5. The molecular weight excluding hydrogens is 326 g/mol. The third-order valence-corrected chi connectivity index (χ3v) is 4.52. The van der Waals surface area contributed by atoms with Gasteiger partial charge in [-0.2, -0.15) is 0 Å². The van der Waals surface area contributed by atoms with E-state index in [0.29, 0.717) is 37.6 Å². The Bertz CT molecular complexity index is 786. The predicted octanol–water partition coefficient (Wildman–Crippen LogP) is 2.00. The van der Waals surface area contributed by atoms with Crippen LogP contribution < -0.4 is 10.7 Å². The first-order valence-corrected chi connectivity index (χ1v) is 8.21. The Morgan fingerprint density at radius 3 is 2.80 bits per heavy atom. The number of hydrogen-bond acceptors (Lipinski definition) is 6. The fraction of sp³-hybridized carbons (Fsp3) is 0.444. The maximum atomic E-state index is 12.5. The van der Waals surface area contributed by atoms with Crippen LogP contribution in [0.5, 0.6) is 5.75 Å². The molecule has 0 spiro atoms. The Morgan fingerprint density at radius 2 is 2.12 bits per heavy atom. The van der Waals surface area contributed by atoms with Gasteiger partial charge in [-0.15, -0.1) is 0 Å². The molecule has 1 saturated heterocycles. The lowest BCUT2D eigenvalue weighted by atomic mass is 9.74. The van der Waals surface area contributed by atoms with Crippen molar-refractivity contribution >= 4 is 5.91 Å². The van der Waals surface area contributed by atoms with Crippen molar-refractivity contribution in [3.05, 3.63) is 52.0 Å². The van der Waals surface area contributed by atoms with Crippen molar-refractivity contribution in [2.45, 2.75) is 38.1 Å². The van der Waals surface area contributed by atoms with Crippen LogP contribution in [0.25, 0.3) is 0 Å². The zero-order valence-corrected chi connectivity index (χ0v) is 14.0. The molecular formula is C18H21NO6. The molecule has 1 amide bonds. The SMILES string of the molecule is Cc1cc(=O)c(O)c(C2(CC(=O)NCc3ccco3)CCOCC2)o1. The number of furan rings is 1. The minimum Gasteiger partial charge on any atom is -0.502 e. The lowest BCUT2D eigenvalue weighted by molar-refractivity contribution is -0.123. The highest BCUT2D eigenvalue weighted by Gasteiger charge is 2.41. The summed E-state index contributed by atoms with van der Waals surface area (Å²) in [6, 6.07) is 4.76. The van der Waals surface area contributed by atoms with Crippen molar-refractivity contribution in [3.63, 3.8) is 0 Å². The molecule has 3 rings (SSSR count). The first-order chi connectivity index (χ1) is 12.0. The zero-order valence-electron chi connectivity index (χ0n) is 14.0. The average Bonchev–Trinajstić information content (AvgIpc) is 3.10. The van der Waals surface area contributed by atoms with Gasteiger partial charge in [-0.1, -0.05) is 0 Å². The Morgan fingerprint density at radius 1 is 1.36 bits per heavy atom. The molecule has 2 aromatic rings. The molecule has 1 fully saturated rings. The van der Waals surface area contributed by atoms with E-state index in [1.54, 1.807) is 25.3 Å². The van der Waals surface area contributed by atoms with Gasteiger partial charge in [0, 0.05) is 31.1 Å². The Balaban J connectivity index is 1.84. The molecule has 0 unspecified atom stereocenters. The van der Waals surface area contributed by atoms with E-state index in [9.17, 15) is 14.7 Å². The summed E-state index contributed by atoms with van der Waals surface area (Å²) < 4.78 is 16.3. The fourth-order valence-electron chi connectivity index (χ4n) is 3.18. The molecule has 134 valence electrons. The van der Waals surface area contributed by atoms with Gasteiger partial charge in [-0.25, -0.2) is 0 Å². The van der Waals surface area contributed by atoms with Crippen LogP contribution >= 0.6 is 0 Å². The summed E-state index contributed by atoms with van der Waals surface area (Å²) in [5.41, 5.74) is -1.26. The van der Waals surface area contributed by atoms with Crippen LogP contribution in [0.4, 0.5) is 0 Å². The van der Waals surface area contributed by atoms with Crippen molar-refractivity contribution in [1.29, 1.82) is 0 Å². The second kappa shape index (κ2) is 7.14. The van der Waals surface area contributed by atoms with E-state index in [4.69, 9.17) is 13.6 Å². The summed E-state index contributed by atoms with van der Waals surface area (Å²) in [6.45, 7) is 2.79. The van der Waals surface area contributed by atoms with E-state index in [1.807, 2.05) is 0 Å². The van der Waals surface area contributed by atoms with Crippen LogP contribution in [0.1, 0.15) is 36.5 Å². The van der Waals surface area contributed by atoms with E-state index in [2.05, 4.69) is 5.32 Å². The van der Waals surface area contributed by atoms with Crippen molar-refractivity contribution in [3.8, 4) is 5.75 Å². The quantitative estimate of drug-likeness (QED) is 0.858. The van der Waals surface area contributed by atoms with E-state index < -0.39 is 16.6 Å². The van der Waals surface area contributed by atoms with Gasteiger partial charge in [-0.05, 0) is 31.9 Å². The van der Waals surface area contributed by atoms with Gasteiger partial charge in [0.25, 0.3) is 0 Å². The molecule has 3 heterocycles. The highest BCUT2D eigenvalue weighted by molar-refractivity contribution is 5.77. The van der Waals surface area contributed by atoms with Crippen LogP contribution in [-0.4, -0.2) is 24.2 Å². The van der Waals surface area contributed by atoms with Crippen LogP contribution in [0.15, 0.2) is 38.1 Å². The zero-order chi connectivity index (χ0) is 17.9. The van der Waals surface area contributed by atoms with Gasteiger partial charge in [0.05, 0.1) is 12.8 Å². The first kappa shape index (κ1) is 17.3. The summed E-state index contributed by atoms with van der Waals surface area (Å²) in [5, 5.41) is 13.0. The molecule has 25 heavy (non-hydrogen) atoms. The predicted molar refractivity (Wildman–Crippen MR) is 88.3 cm³/mol. The molecule has 1 aliphatic heterocycles. The monoisotopic (exact) mass is 347 g/mol. The van der Waals surface area contributed by atoms with Gasteiger partial charge >= 0.3 is 0 Å². The van der Waals surface area contributed by atoms with Crippen molar-refractivity contribution < 1.29 is 23.5 Å². The number of ether oxygens (including phenoxy) is 1. The van der Waals surface area contributed by atoms with Crippen molar-refractivity contribution in [2.75, 3.05) is 13.2 Å². The lowest BCUT2D eigenvalue weighted by Crippen LogP contribution is -2.40. The normalized spacial score (nSPS) is 16.5. The number of aromatic hydroxyl groups is 1. The summed E-state index contributed by atoms with van der Waals surface area (Å²) in [4.78, 5) is 24.4. The van der Waals surface area contributed by atoms with Crippen LogP contribution in [0, 0.1) is 6.92 Å². The first-order valence-electron chi connectivity index (χ1n) is 8.21. The summed E-state index contributed by atoms with van der Waals surface area (Å²) in [7, 11) is 0. The standard InChI is InChI=1S/C18H21NO6/c1-12-9-14(20)16(22)17(25-12)18(4-7-23-8-5-18)10-15(21)19-11-13-3-2-6-24-13/h2-3,6,9,22H,4-5,7-8,10-11H2,1H3,(H,19,21). The highest BCUT2D eigenvalue weighted by atomic mass is 16.5. The maximum Gasteiger partial charge on any atom is 0.227 e. The van der Waals surface area contributed by atoms with E-state index >= 15 is 0 Å². The Labute approximate surface area is 144 Å². The van der Waals surface area contributed by atoms with Crippen molar-refractivity contribution in [1.82, 2.24) is 5.32 Å². The van der Waals surface area contributed by atoms with Gasteiger partial charge in [-0.3, -0.25) is 9.59 Å². The second-order valence-corrected chi connectivity index (χ2v) is 6.32. The van der Waals surface area contributed by atoms with Crippen molar-refractivity contribution in [2.24, 2.45) is 0 Å². The average molecular weight is 347 g/mol. The number of aryl methyl sites for hydroxylation is 1. The molecule has 0 radical (unpaired) electrons. The highest BCUT2D eigenvalue weighted by Crippen LogP contribution is 2.41. The second-order valence-electron chi connectivity index (χ2n) is 6.32. The molecule has 0 saturated carbocycles. The third-order valence-electron chi connectivity index (χ3n) is 4.52. The smallest absolute Gasteiger partial charge is 0.227 e. The molecule has 1 aliphatic rings. The minimum atomic E-state index is -0.763. The maximum absolute atomic E-state index is 12.5. The fourth-order valence-corrected chi connectivity index (χ4v) is 3.18. The van der Waals surface area contributed by atoms with Crippen LogP contribution in [-0.2, 0) is 21.5 Å². The Kier molecular flexibility index (Phi) is 4.94. The van der Waals surface area contributed by atoms with E-state index in [1.165, 1.54) is 6.07 Å². The molecule has 2 aromatic heterocycles. The van der Waals surface area contributed by atoms with Gasteiger partial charge in [0.2, 0.25) is 17.1 Å². The summed E-state index contributed by atoms with van der Waals surface area (Å²) >= 11 is 0. The molecule has 0 atom stereocenters. The number of nitrogens with one attached hydrogen (secondary N) is 1. The van der Waals surface area contributed by atoms with Crippen LogP contribution in [0.3, 0.4) is 0 Å². The van der Waals surface area contributed by atoms with E-state index in [-0.39, 0.29) is 24.6 Å². The third kappa shape index (κ3) is 3.76. The van der Waals surface area contributed by atoms with Gasteiger partial charge in [0.15, 0.2) is 5.76 Å². The molecule has 0 aromatic carbocycles. The topological polar surface area (TPSA) is 102 Å². The molecule has 0 bridgehead atoms. The molecule has 7 heteroatoms. The lowest BCUT2D eigenvalue weighted by Gasteiger charge is -2.35. The number of carbonyl (C=O) groups is 1. The summed E-state index contributed by atoms with van der Waals surface area (Å²) in [5.74, 6) is 0.598. The number of amides is 1. The van der Waals surface area contributed by atoms with Crippen LogP contribution in [0.2, 0.25) is 0 Å². The largest absolute Gasteiger partial charge is 0.502 e. The molecule has 2 N–H and O–H groups in total. The number of carbonyl (C=O) groups excluding carboxylic acids is 1. The number of hydrogen-bond donors (Lipinski definition) is 2. The van der Waals surface area contributed by atoms with E-state index in [0.717, 1.165) is 0 Å². The Hall–Kier alpha value is -2.54. The van der Waals surface area contributed by atoms with Gasteiger partial charge < -0.3 is 24.0 Å². The van der Waals surface area contributed by atoms with Gasteiger partial charge in [0.1, 0.15) is 11.5 Å². The minimum absolute atomic E-state index is 0.0943.